The predicted octanol–water partition coefficient (Wildman–Crippen LogP) is 1.57. The smallest absolute Gasteiger partial charge is 0.231 e. The first kappa shape index (κ1) is 4.11. The molecular formula is C11H15NO2. The minimum absolute atomic E-state index is 0.0332. The van der Waals surface area contributed by atoms with Crippen LogP contribution in [0.2, 0.25) is 1.41 Å². The number of rotatable bonds is 3. The lowest BCUT2D eigenvalue weighted by Crippen LogP contribution is -2.23. The Morgan fingerprint density at radius 3 is 3.43 bits per heavy atom. The summed E-state index contributed by atoms with van der Waals surface area (Å²) in [4.78, 5) is 0. The number of nitrogens with one attached hydrogen (secondary N) is 1. The van der Waals surface area contributed by atoms with E-state index in [4.69, 9.17) is 19.1 Å². The highest BCUT2D eigenvalue weighted by atomic mass is 16.7. The molecule has 14 heavy (non-hydrogen) atoms. The molecule has 1 aliphatic rings. The van der Waals surface area contributed by atoms with Gasteiger partial charge in [0.1, 0.15) is 4.15 Å². The molecule has 0 radical (unpaired) electrons. The van der Waals surface area contributed by atoms with Gasteiger partial charge < -0.3 is 14.8 Å². The number of hydrogen-bond acceptors (Lipinski definition) is 3. The summed E-state index contributed by atoms with van der Waals surface area (Å²) < 4.78 is 61.7. The van der Waals surface area contributed by atoms with Gasteiger partial charge in [0.05, 0.1) is 0 Å². The van der Waals surface area contributed by atoms with Crippen LogP contribution in [-0.2, 0) is 6.42 Å². The molecule has 1 N–H and O–H groups in total. The zero-order valence-corrected chi connectivity index (χ0v) is 7.70. The van der Waals surface area contributed by atoms with Gasteiger partial charge in [-0.3, -0.25) is 0 Å². The molecule has 3 heteroatoms. The lowest BCUT2D eigenvalue weighted by molar-refractivity contribution is 0.174. The van der Waals surface area contributed by atoms with Crippen molar-refractivity contribution in [1.29, 1.82) is 0 Å². The Balaban J connectivity index is 2.18. The van der Waals surface area contributed by atoms with Crippen LogP contribution in [0, 0.1) is 0 Å². The molecular weight excluding hydrogens is 178 g/mol. The first-order chi connectivity index (χ1) is 9.41. The molecule has 0 saturated carbocycles. The third kappa shape index (κ3) is 1.82. The van der Waals surface area contributed by atoms with E-state index >= 15 is 0 Å². The van der Waals surface area contributed by atoms with Crippen LogP contribution in [0.4, 0.5) is 0 Å². The molecule has 0 spiro atoms. The molecule has 0 amide bonds. The number of ether oxygens (including phenoxy) is 2. The predicted molar refractivity (Wildman–Crippen MR) is 54.8 cm³/mol. The molecule has 3 nitrogen and oxygen atoms in total. The van der Waals surface area contributed by atoms with Gasteiger partial charge in [-0.1, -0.05) is 6.07 Å². The molecule has 0 aliphatic carbocycles. The lowest BCUT2D eigenvalue weighted by atomic mass is 10.1. The SMILES string of the molecule is [2H]N(C([2H])([2H])[2H])C([2H])(C)Cc1ccc2c(c1)OC([2H])([2H])O2. The van der Waals surface area contributed by atoms with Gasteiger partial charge in [-0.15, -0.1) is 0 Å². The zero-order valence-electron chi connectivity index (χ0n) is 14.7. The molecule has 1 aliphatic heterocycles. The Kier molecular flexibility index (Phi) is 1.14. The van der Waals surface area contributed by atoms with Gasteiger partial charge in [-0.25, -0.2) is 0 Å². The van der Waals surface area contributed by atoms with Crippen molar-refractivity contribution in [1.82, 2.24) is 5.31 Å². The molecule has 76 valence electrons. The van der Waals surface area contributed by atoms with E-state index in [1.165, 1.54) is 19.1 Å². The van der Waals surface area contributed by atoms with Gasteiger partial charge >= 0.3 is 0 Å². The normalized spacial score (nSPS) is 30.0. The summed E-state index contributed by atoms with van der Waals surface area (Å²) in [7, 11) is 0. The van der Waals surface area contributed by atoms with Crippen LogP contribution < -0.4 is 14.8 Å². The Morgan fingerprint density at radius 2 is 2.57 bits per heavy atom. The van der Waals surface area contributed by atoms with Crippen LogP contribution in [0.3, 0.4) is 0 Å². The first-order valence-electron chi connectivity index (χ1n) is 7.66. The molecule has 1 unspecified atom stereocenters. The van der Waals surface area contributed by atoms with Crippen LogP contribution in [0.25, 0.3) is 0 Å². The lowest BCUT2D eigenvalue weighted by Gasteiger charge is -2.09. The second-order valence-electron chi connectivity index (χ2n) is 3.09. The van der Waals surface area contributed by atoms with Gasteiger partial charge in [0, 0.05) is 11.5 Å². The van der Waals surface area contributed by atoms with Crippen molar-refractivity contribution in [3.63, 3.8) is 0 Å². The summed E-state index contributed by atoms with van der Waals surface area (Å²) in [5.41, 5.74) is 0.550. The van der Waals surface area contributed by atoms with Crippen LogP contribution >= 0.6 is 0 Å². The molecule has 0 saturated heterocycles. The van der Waals surface area contributed by atoms with E-state index < -0.39 is 19.7 Å². The number of hydrogen-bond donors (Lipinski definition) is 1. The van der Waals surface area contributed by atoms with Crippen molar-refractivity contribution < 1.29 is 19.1 Å². The number of fused-ring (bicyclic) bond motifs is 1. The maximum Gasteiger partial charge on any atom is 0.231 e. The standard InChI is InChI=1S/C11H15NO2/c1-8(12-2)5-9-3-4-10-11(6-9)14-7-13-10/h3-4,6,8,12H,5,7H2,1-2H3/i2D3,7D2,8D/hD. The topological polar surface area (TPSA) is 30.5 Å². The molecule has 2 rings (SSSR count). The van der Waals surface area contributed by atoms with Crippen LogP contribution in [0.5, 0.6) is 11.5 Å². The van der Waals surface area contributed by atoms with Crippen molar-refractivity contribution in [3.8, 4) is 11.5 Å². The van der Waals surface area contributed by atoms with Gasteiger partial charge in [0.2, 0.25) is 6.75 Å². The van der Waals surface area contributed by atoms with Crippen molar-refractivity contribution >= 4 is 0 Å². The summed E-state index contributed by atoms with van der Waals surface area (Å²) in [6.07, 6.45) is -0.0332. The van der Waals surface area contributed by atoms with Crippen molar-refractivity contribution in [3.05, 3.63) is 23.8 Å². The highest BCUT2D eigenvalue weighted by Gasteiger charge is 2.13. The van der Waals surface area contributed by atoms with Crippen molar-refractivity contribution in [2.45, 2.75) is 19.4 Å². The van der Waals surface area contributed by atoms with Crippen LogP contribution in [-0.4, -0.2) is 19.7 Å². The zero-order chi connectivity index (χ0) is 16.1. The molecule has 0 aromatic heterocycles. The molecule has 1 aromatic rings. The van der Waals surface area contributed by atoms with Gasteiger partial charge in [-0.2, -0.15) is 0 Å². The summed E-state index contributed by atoms with van der Waals surface area (Å²) in [5.74, 6) is 0.438. The quantitative estimate of drug-likeness (QED) is 0.803. The van der Waals surface area contributed by atoms with E-state index in [1.54, 1.807) is 6.07 Å². The van der Waals surface area contributed by atoms with E-state index in [0.717, 1.165) is 0 Å². The van der Waals surface area contributed by atoms with Gasteiger partial charge in [0.25, 0.3) is 0 Å². The fourth-order valence-electron chi connectivity index (χ4n) is 1.27. The summed E-state index contributed by atoms with van der Waals surface area (Å²) in [5, 5.41) is 0.268. The number of likely N-dealkylation sites (N-methyl/N-ethyl adjacent to an activating group) is 1. The second-order valence-corrected chi connectivity index (χ2v) is 3.09. The average molecular weight is 200 g/mol. The number of benzene rings is 1. The Bertz CT molecular complexity index is 544. The monoisotopic (exact) mass is 200 g/mol. The summed E-state index contributed by atoms with van der Waals surface area (Å²) >= 11 is 0. The van der Waals surface area contributed by atoms with Crippen molar-refractivity contribution in [2.75, 3.05) is 13.7 Å². The Labute approximate surface area is 93.9 Å². The van der Waals surface area contributed by atoms with Gasteiger partial charge in [-0.05, 0) is 38.0 Å². The van der Waals surface area contributed by atoms with Crippen LogP contribution in [0.15, 0.2) is 18.2 Å². The van der Waals surface area contributed by atoms with Gasteiger partial charge in [0.15, 0.2) is 11.5 Å². The minimum Gasteiger partial charge on any atom is -0.454 e. The third-order valence-corrected chi connectivity index (χ3v) is 1.96. The summed E-state index contributed by atoms with van der Waals surface area (Å²) in [6.45, 7) is -3.59. The van der Waals surface area contributed by atoms with Crippen molar-refractivity contribution in [2.24, 2.45) is 0 Å². The Hall–Kier alpha value is -1.22. The molecule has 0 bridgehead atoms. The van der Waals surface area contributed by atoms with Crippen LogP contribution in [0.1, 0.15) is 20.7 Å². The third-order valence-electron chi connectivity index (χ3n) is 1.96. The average Bonchev–Trinajstić information content (AvgIpc) is 2.59. The van der Waals surface area contributed by atoms with E-state index in [-0.39, 0.29) is 23.2 Å². The highest BCUT2D eigenvalue weighted by Crippen LogP contribution is 2.32. The molecule has 1 heterocycles. The van der Waals surface area contributed by atoms with E-state index in [9.17, 15) is 0 Å². The molecule has 1 aromatic carbocycles. The largest absolute Gasteiger partial charge is 0.454 e. The summed E-state index contributed by atoms with van der Waals surface area (Å²) in [6, 6.07) is 2.90. The van der Waals surface area contributed by atoms with E-state index in [2.05, 4.69) is 0 Å². The Morgan fingerprint density at radius 1 is 1.71 bits per heavy atom. The first-order valence-corrected chi connectivity index (χ1v) is 4.21. The molecule has 1 atom stereocenters. The minimum atomic E-state index is -2.69. The second kappa shape index (κ2) is 3.88. The van der Waals surface area contributed by atoms with E-state index in [0.29, 0.717) is 5.56 Å². The molecule has 0 fully saturated rings. The highest BCUT2D eigenvalue weighted by molar-refractivity contribution is 5.44. The maximum absolute atomic E-state index is 8.03. The fraction of sp³-hybridized carbons (Fsp3) is 0.455. The fourth-order valence-corrected chi connectivity index (χ4v) is 1.27. The maximum atomic E-state index is 8.03. The van der Waals surface area contributed by atoms with E-state index in [1.807, 2.05) is 0 Å².